The van der Waals surface area contributed by atoms with Gasteiger partial charge in [-0.25, -0.2) is 14.6 Å². The van der Waals surface area contributed by atoms with Gasteiger partial charge in [-0.05, 0) is 26.2 Å². The molecule has 1 saturated heterocycles. The van der Waals surface area contributed by atoms with Crippen LogP contribution >= 0.6 is 11.3 Å². The zero-order valence-corrected chi connectivity index (χ0v) is 13.2. The number of thiazole rings is 1. The predicted octanol–water partition coefficient (Wildman–Crippen LogP) is 2.38. The molecule has 0 spiro atoms. The van der Waals surface area contributed by atoms with Crippen molar-refractivity contribution in [2.45, 2.75) is 51.6 Å². The van der Waals surface area contributed by atoms with Gasteiger partial charge < -0.3 is 15.3 Å². The number of carbonyl (C=O) groups excluding carboxylic acids is 1. The Morgan fingerprint density at radius 3 is 2.90 bits per heavy atom. The molecule has 0 radical (unpaired) electrons. The fourth-order valence-corrected chi connectivity index (χ4v) is 3.62. The number of aromatic nitrogens is 1. The molecule has 1 aliphatic heterocycles. The van der Waals surface area contributed by atoms with Gasteiger partial charge in [0.15, 0.2) is 0 Å². The lowest BCUT2D eigenvalue weighted by Crippen LogP contribution is -2.55. The summed E-state index contributed by atoms with van der Waals surface area (Å²) in [6.07, 6.45) is 2.49. The number of carbonyl (C=O) groups is 2. The number of carboxylic acid groups (broad SMARTS) is 1. The molecule has 1 aliphatic rings. The van der Waals surface area contributed by atoms with Gasteiger partial charge in [-0.2, -0.15) is 0 Å². The van der Waals surface area contributed by atoms with E-state index in [1.54, 1.807) is 0 Å². The molecule has 21 heavy (non-hydrogen) atoms. The summed E-state index contributed by atoms with van der Waals surface area (Å²) < 4.78 is 0. The Morgan fingerprint density at radius 2 is 2.33 bits per heavy atom. The van der Waals surface area contributed by atoms with Gasteiger partial charge in [-0.3, -0.25) is 0 Å². The Bertz CT molecular complexity index is 531. The van der Waals surface area contributed by atoms with Gasteiger partial charge in [0.1, 0.15) is 10.5 Å². The predicted molar refractivity (Wildman–Crippen MR) is 80.3 cm³/mol. The molecule has 1 atom stereocenters. The summed E-state index contributed by atoms with van der Waals surface area (Å²) in [6, 6.07) is -0.309. The van der Waals surface area contributed by atoms with Crippen molar-refractivity contribution >= 4 is 23.3 Å². The highest BCUT2D eigenvalue weighted by molar-refractivity contribution is 7.09. The maximum atomic E-state index is 12.3. The van der Waals surface area contributed by atoms with Crippen LogP contribution in [-0.2, 0) is 11.3 Å². The first-order valence-electron chi connectivity index (χ1n) is 7.19. The molecule has 0 bridgehead atoms. The summed E-state index contributed by atoms with van der Waals surface area (Å²) in [5.74, 6) is -0.901. The summed E-state index contributed by atoms with van der Waals surface area (Å²) in [6.45, 7) is 4.68. The second kappa shape index (κ2) is 6.43. The van der Waals surface area contributed by atoms with E-state index in [4.69, 9.17) is 0 Å². The smallest absolute Gasteiger partial charge is 0.329 e. The average molecular weight is 311 g/mol. The Kier molecular flexibility index (Phi) is 4.82. The second-order valence-electron chi connectivity index (χ2n) is 5.38. The van der Waals surface area contributed by atoms with Crippen LogP contribution in [0.5, 0.6) is 0 Å². The summed E-state index contributed by atoms with van der Waals surface area (Å²) >= 11 is 1.49. The van der Waals surface area contributed by atoms with E-state index < -0.39 is 11.5 Å². The van der Waals surface area contributed by atoms with Crippen LogP contribution in [0.25, 0.3) is 0 Å². The molecule has 1 aromatic rings. The van der Waals surface area contributed by atoms with E-state index in [2.05, 4.69) is 10.3 Å². The van der Waals surface area contributed by atoms with Crippen molar-refractivity contribution in [1.82, 2.24) is 15.2 Å². The third-order valence-electron chi connectivity index (χ3n) is 3.85. The van der Waals surface area contributed by atoms with E-state index in [1.165, 1.54) is 16.2 Å². The molecule has 0 aliphatic carbocycles. The van der Waals surface area contributed by atoms with Gasteiger partial charge >= 0.3 is 12.0 Å². The van der Waals surface area contributed by atoms with Crippen molar-refractivity contribution in [2.24, 2.45) is 0 Å². The number of rotatable bonds is 5. The van der Waals surface area contributed by atoms with Gasteiger partial charge in [0.2, 0.25) is 0 Å². The zero-order chi connectivity index (χ0) is 15.5. The normalized spacial score (nSPS) is 21.5. The first-order valence-corrected chi connectivity index (χ1v) is 8.07. The zero-order valence-electron chi connectivity index (χ0n) is 12.4. The fourth-order valence-electron chi connectivity index (χ4n) is 2.91. The molecular weight excluding hydrogens is 290 g/mol. The van der Waals surface area contributed by atoms with Gasteiger partial charge in [-0.1, -0.05) is 13.3 Å². The lowest BCUT2D eigenvalue weighted by atomic mass is 9.91. The molecular formula is C14H21N3O3S. The molecule has 2 N–H and O–H groups in total. The van der Waals surface area contributed by atoms with E-state index in [1.807, 2.05) is 19.2 Å². The monoisotopic (exact) mass is 311 g/mol. The highest BCUT2D eigenvalue weighted by atomic mass is 32.1. The minimum atomic E-state index is -1.04. The van der Waals surface area contributed by atoms with Gasteiger partial charge in [0.05, 0.1) is 6.54 Å². The third-order valence-corrected chi connectivity index (χ3v) is 4.82. The molecule has 1 aromatic heterocycles. The van der Waals surface area contributed by atoms with Crippen LogP contribution in [0.4, 0.5) is 4.79 Å². The maximum Gasteiger partial charge on any atom is 0.329 e. The number of hydrogen-bond donors (Lipinski definition) is 2. The summed E-state index contributed by atoms with van der Waals surface area (Å²) in [4.78, 5) is 29.8. The quantitative estimate of drug-likeness (QED) is 0.874. The summed E-state index contributed by atoms with van der Waals surface area (Å²) in [5, 5.41) is 15.1. The Balaban J connectivity index is 2.04. The number of carboxylic acids is 1. The molecule has 2 heterocycles. The minimum Gasteiger partial charge on any atom is -0.479 e. The van der Waals surface area contributed by atoms with Crippen molar-refractivity contribution in [1.29, 1.82) is 0 Å². The lowest BCUT2D eigenvalue weighted by Gasteiger charge is -2.34. The number of likely N-dealkylation sites (tertiary alicyclic amines) is 1. The van der Waals surface area contributed by atoms with Crippen molar-refractivity contribution in [3.05, 3.63) is 16.1 Å². The Morgan fingerprint density at radius 1 is 1.57 bits per heavy atom. The molecule has 116 valence electrons. The van der Waals surface area contributed by atoms with Crippen molar-refractivity contribution in [2.75, 3.05) is 6.54 Å². The molecule has 2 amide bonds. The maximum absolute atomic E-state index is 12.3. The number of nitrogens with zero attached hydrogens (tertiary/aromatic N) is 2. The number of aliphatic carboxylic acids is 1. The number of aryl methyl sites for hydroxylation is 1. The summed E-state index contributed by atoms with van der Waals surface area (Å²) in [7, 11) is 0. The van der Waals surface area contributed by atoms with Crippen LogP contribution in [0, 0.1) is 6.92 Å². The number of amides is 2. The summed E-state index contributed by atoms with van der Waals surface area (Å²) in [5.41, 5.74) is -0.117. The molecule has 1 fully saturated rings. The van der Waals surface area contributed by atoms with Crippen LogP contribution in [0.3, 0.4) is 0 Å². The first-order chi connectivity index (χ1) is 9.99. The molecule has 6 nitrogen and oxygen atoms in total. The molecule has 7 heteroatoms. The van der Waals surface area contributed by atoms with Crippen molar-refractivity contribution in [3.8, 4) is 0 Å². The van der Waals surface area contributed by atoms with Crippen LogP contribution < -0.4 is 5.32 Å². The minimum absolute atomic E-state index is 0.309. The van der Waals surface area contributed by atoms with Crippen molar-refractivity contribution < 1.29 is 14.7 Å². The fraction of sp³-hybridized carbons (Fsp3) is 0.643. The second-order valence-corrected chi connectivity index (χ2v) is 6.33. The van der Waals surface area contributed by atoms with Gasteiger partial charge in [0.25, 0.3) is 0 Å². The standard InChI is InChI=1S/C14H21N3O3S/c1-3-5-14(12(18)19)6-4-7-17(14)13(20)15-8-11-16-10(2)9-21-11/h9H,3-8H2,1-2H3,(H,15,20)(H,18,19). The van der Waals surface area contributed by atoms with E-state index in [0.717, 1.165) is 23.5 Å². The van der Waals surface area contributed by atoms with E-state index in [0.29, 0.717) is 25.9 Å². The SMILES string of the molecule is CCCC1(C(=O)O)CCCN1C(=O)NCc1nc(C)cs1. The van der Waals surface area contributed by atoms with Gasteiger partial charge in [-0.15, -0.1) is 11.3 Å². The van der Waals surface area contributed by atoms with E-state index >= 15 is 0 Å². The van der Waals surface area contributed by atoms with Crippen molar-refractivity contribution in [3.63, 3.8) is 0 Å². The Hall–Kier alpha value is -1.63. The van der Waals surface area contributed by atoms with E-state index in [9.17, 15) is 14.7 Å². The molecule has 0 aromatic carbocycles. The highest BCUT2D eigenvalue weighted by Crippen LogP contribution is 2.34. The lowest BCUT2D eigenvalue weighted by molar-refractivity contribution is -0.148. The third kappa shape index (κ3) is 3.18. The average Bonchev–Trinajstić information content (AvgIpc) is 3.04. The van der Waals surface area contributed by atoms with Crippen LogP contribution in [0.2, 0.25) is 0 Å². The number of hydrogen-bond acceptors (Lipinski definition) is 4. The highest BCUT2D eigenvalue weighted by Gasteiger charge is 2.49. The largest absolute Gasteiger partial charge is 0.479 e. The van der Waals surface area contributed by atoms with Crippen LogP contribution in [0.1, 0.15) is 43.3 Å². The van der Waals surface area contributed by atoms with Crippen LogP contribution in [-0.4, -0.2) is 39.1 Å². The molecule has 2 rings (SSSR count). The molecule has 0 saturated carbocycles. The molecule has 1 unspecified atom stereocenters. The Labute approximate surface area is 128 Å². The number of urea groups is 1. The van der Waals surface area contributed by atoms with Crippen LogP contribution in [0.15, 0.2) is 5.38 Å². The first kappa shape index (κ1) is 15.8. The topological polar surface area (TPSA) is 82.5 Å². The van der Waals surface area contributed by atoms with E-state index in [-0.39, 0.29) is 6.03 Å². The van der Waals surface area contributed by atoms with Gasteiger partial charge in [0, 0.05) is 17.6 Å². The number of nitrogens with one attached hydrogen (secondary N) is 1.